The third-order valence-corrected chi connectivity index (χ3v) is 3.71. The van der Waals surface area contributed by atoms with E-state index in [1.807, 2.05) is 37.3 Å². The molecule has 0 bridgehead atoms. The lowest BCUT2D eigenvalue weighted by atomic mass is 10.1. The molecule has 2 rings (SSSR count). The summed E-state index contributed by atoms with van der Waals surface area (Å²) in [4.78, 5) is 12.2. The maximum atomic E-state index is 12.2. The van der Waals surface area contributed by atoms with E-state index in [0.717, 1.165) is 11.1 Å². The molecule has 4 nitrogen and oxygen atoms in total. The fraction of sp³-hybridized carbons (Fsp3) is 0.267. The monoisotopic (exact) mass is 337 g/mol. The summed E-state index contributed by atoms with van der Waals surface area (Å²) in [6.45, 7) is 2.27. The van der Waals surface area contributed by atoms with E-state index in [1.54, 1.807) is 13.2 Å². The van der Waals surface area contributed by atoms with Crippen LogP contribution in [0.15, 0.2) is 45.5 Å². The van der Waals surface area contributed by atoms with E-state index >= 15 is 0 Å². The molecule has 1 heterocycles. The molecule has 0 aliphatic rings. The van der Waals surface area contributed by atoms with E-state index < -0.39 is 0 Å². The van der Waals surface area contributed by atoms with Crippen molar-refractivity contribution in [1.29, 1.82) is 0 Å². The molecule has 0 radical (unpaired) electrons. The minimum atomic E-state index is -0.260. The van der Waals surface area contributed by atoms with E-state index in [-0.39, 0.29) is 17.7 Å². The first-order chi connectivity index (χ1) is 9.61. The van der Waals surface area contributed by atoms with Gasteiger partial charge in [-0.05, 0) is 34.5 Å². The van der Waals surface area contributed by atoms with Gasteiger partial charge in [-0.3, -0.25) is 4.79 Å². The van der Waals surface area contributed by atoms with Crippen molar-refractivity contribution in [3.05, 3.63) is 58.0 Å². The minimum Gasteiger partial charge on any atom is -0.444 e. The molecule has 2 aromatic rings. The Labute approximate surface area is 126 Å². The molecule has 0 saturated carbocycles. The second-order valence-corrected chi connectivity index (χ2v) is 5.18. The Kier molecular flexibility index (Phi) is 4.98. The SMILES string of the molecule is COCC(NC(=O)c1cc(C)c(Br)o1)c1ccccc1. The molecule has 0 saturated heterocycles. The summed E-state index contributed by atoms with van der Waals surface area (Å²) in [6, 6.07) is 11.2. The molecule has 0 aliphatic carbocycles. The van der Waals surface area contributed by atoms with Gasteiger partial charge < -0.3 is 14.5 Å². The van der Waals surface area contributed by atoms with Gasteiger partial charge in [0.2, 0.25) is 0 Å². The Morgan fingerprint density at radius 3 is 2.65 bits per heavy atom. The van der Waals surface area contributed by atoms with E-state index in [9.17, 15) is 4.79 Å². The average Bonchev–Trinajstić information content (AvgIpc) is 2.79. The van der Waals surface area contributed by atoms with Crippen LogP contribution in [0.2, 0.25) is 0 Å². The predicted molar refractivity (Wildman–Crippen MR) is 79.7 cm³/mol. The Bertz CT molecular complexity index is 561. The summed E-state index contributed by atoms with van der Waals surface area (Å²) in [5.41, 5.74) is 1.88. The molecule has 106 valence electrons. The molecule has 0 fully saturated rings. The highest BCUT2D eigenvalue weighted by atomic mass is 79.9. The number of benzene rings is 1. The number of rotatable bonds is 5. The fourth-order valence-electron chi connectivity index (χ4n) is 1.87. The van der Waals surface area contributed by atoms with Gasteiger partial charge in [0, 0.05) is 12.7 Å². The number of hydrogen-bond acceptors (Lipinski definition) is 3. The van der Waals surface area contributed by atoms with Crippen molar-refractivity contribution >= 4 is 21.8 Å². The van der Waals surface area contributed by atoms with Gasteiger partial charge in [-0.2, -0.15) is 0 Å². The molecule has 0 aliphatic heterocycles. The number of hydrogen-bond donors (Lipinski definition) is 1. The molecule has 5 heteroatoms. The third kappa shape index (κ3) is 3.49. The molecule has 1 unspecified atom stereocenters. The lowest BCUT2D eigenvalue weighted by molar-refractivity contribution is 0.0868. The van der Waals surface area contributed by atoms with Crippen LogP contribution in [-0.4, -0.2) is 19.6 Å². The topological polar surface area (TPSA) is 51.5 Å². The summed E-state index contributed by atoms with van der Waals surface area (Å²) in [5.74, 6) is 0.0242. The van der Waals surface area contributed by atoms with Crippen molar-refractivity contribution < 1.29 is 13.9 Å². The second-order valence-electron chi connectivity index (χ2n) is 4.46. The number of ether oxygens (including phenoxy) is 1. The van der Waals surface area contributed by atoms with Gasteiger partial charge in [0.25, 0.3) is 5.91 Å². The van der Waals surface area contributed by atoms with Gasteiger partial charge in [0.15, 0.2) is 10.4 Å². The zero-order valence-corrected chi connectivity index (χ0v) is 12.9. The van der Waals surface area contributed by atoms with Crippen LogP contribution in [0.25, 0.3) is 0 Å². The highest BCUT2D eigenvalue weighted by Crippen LogP contribution is 2.21. The first-order valence-corrected chi connectivity index (χ1v) is 7.01. The van der Waals surface area contributed by atoms with E-state index in [1.165, 1.54) is 0 Å². The molecule has 1 aromatic heterocycles. The maximum Gasteiger partial charge on any atom is 0.287 e. The fourth-order valence-corrected chi connectivity index (χ4v) is 2.16. The molecular formula is C15H16BrNO3. The van der Waals surface area contributed by atoms with Crippen molar-refractivity contribution in [3.8, 4) is 0 Å². The highest BCUT2D eigenvalue weighted by Gasteiger charge is 2.18. The van der Waals surface area contributed by atoms with Crippen LogP contribution in [0.5, 0.6) is 0 Å². The van der Waals surface area contributed by atoms with Crippen LogP contribution in [0.4, 0.5) is 0 Å². The molecular weight excluding hydrogens is 322 g/mol. The van der Waals surface area contributed by atoms with Crippen molar-refractivity contribution in [1.82, 2.24) is 5.32 Å². The number of methoxy groups -OCH3 is 1. The number of carbonyl (C=O) groups is 1. The van der Waals surface area contributed by atoms with Gasteiger partial charge in [-0.25, -0.2) is 0 Å². The van der Waals surface area contributed by atoms with Gasteiger partial charge in [0.1, 0.15) is 0 Å². The Hall–Kier alpha value is -1.59. The molecule has 20 heavy (non-hydrogen) atoms. The molecule has 1 atom stereocenters. The summed E-state index contributed by atoms with van der Waals surface area (Å²) >= 11 is 3.25. The summed E-state index contributed by atoms with van der Waals surface area (Å²) in [7, 11) is 1.61. The van der Waals surface area contributed by atoms with Crippen LogP contribution in [0.3, 0.4) is 0 Å². The largest absolute Gasteiger partial charge is 0.444 e. The lowest BCUT2D eigenvalue weighted by Crippen LogP contribution is -2.31. The van der Waals surface area contributed by atoms with Gasteiger partial charge in [-0.15, -0.1) is 0 Å². The molecule has 1 amide bonds. The van der Waals surface area contributed by atoms with Crippen molar-refractivity contribution in [2.45, 2.75) is 13.0 Å². The highest BCUT2D eigenvalue weighted by molar-refractivity contribution is 9.10. The van der Waals surface area contributed by atoms with E-state index in [2.05, 4.69) is 21.2 Å². The normalized spacial score (nSPS) is 12.2. The standard InChI is InChI=1S/C15H16BrNO3/c1-10-8-13(20-14(10)16)15(18)17-12(9-19-2)11-6-4-3-5-7-11/h3-8,12H,9H2,1-2H3,(H,17,18). The quantitative estimate of drug-likeness (QED) is 0.908. The van der Waals surface area contributed by atoms with E-state index in [4.69, 9.17) is 9.15 Å². The van der Waals surface area contributed by atoms with Crippen molar-refractivity contribution in [2.75, 3.05) is 13.7 Å². The average molecular weight is 338 g/mol. The van der Waals surface area contributed by atoms with Crippen LogP contribution in [-0.2, 0) is 4.74 Å². The van der Waals surface area contributed by atoms with Crippen LogP contribution >= 0.6 is 15.9 Å². The second kappa shape index (κ2) is 6.72. The Morgan fingerprint density at radius 1 is 1.40 bits per heavy atom. The maximum absolute atomic E-state index is 12.2. The smallest absolute Gasteiger partial charge is 0.287 e. The predicted octanol–water partition coefficient (Wildman–Crippen LogP) is 3.47. The summed E-state index contributed by atoms with van der Waals surface area (Å²) in [6.07, 6.45) is 0. The van der Waals surface area contributed by atoms with Crippen LogP contribution in [0.1, 0.15) is 27.7 Å². The van der Waals surface area contributed by atoms with Crippen molar-refractivity contribution in [2.24, 2.45) is 0 Å². The lowest BCUT2D eigenvalue weighted by Gasteiger charge is -2.17. The van der Waals surface area contributed by atoms with Crippen molar-refractivity contribution in [3.63, 3.8) is 0 Å². The number of furan rings is 1. The number of halogens is 1. The number of carbonyl (C=O) groups excluding carboxylic acids is 1. The third-order valence-electron chi connectivity index (χ3n) is 2.92. The zero-order chi connectivity index (χ0) is 14.5. The van der Waals surface area contributed by atoms with Crippen LogP contribution in [0, 0.1) is 6.92 Å². The summed E-state index contributed by atoms with van der Waals surface area (Å²) in [5, 5.41) is 2.91. The van der Waals surface area contributed by atoms with E-state index in [0.29, 0.717) is 11.3 Å². The molecule has 1 N–H and O–H groups in total. The zero-order valence-electron chi connectivity index (χ0n) is 11.4. The number of aryl methyl sites for hydroxylation is 1. The Morgan fingerprint density at radius 2 is 2.10 bits per heavy atom. The van der Waals surface area contributed by atoms with Gasteiger partial charge >= 0.3 is 0 Å². The number of nitrogens with one attached hydrogen (secondary N) is 1. The first-order valence-electron chi connectivity index (χ1n) is 6.22. The van der Waals surface area contributed by atoms with Gasteiger partial charge in [0.05, 0.1) is 12.6 Å². The summed E-state index contributed by atoms with van der Waals surface area (Å²) < 4.78 is 11.1. The van der Waals surface area contributed by atoms with Gasteiger partial charge in [-0.1, -0.05) is 30.3 Å². The Balaban J connectivity index is 2.14. The molecule has 1 aromatic carbocycles. The first kappa shape index (κ1) is 14.8. The molecule has 0 spiro atoms. The number of amides is 1. The van der Waals surface area contributed by atoms with Crippen LogP contribution < -0.4 is 5.32 Å². The minimum absolute atomic E-state index is 0.210.